The lowest BCUT2D eigenvalue weighted by Gasteiger charge is -2.03. The summed E-state index contributed by atoms with van der Waals surface area (Å²) < 4.78 is 3.17. The van der Waals surface area contributed by atoms with Crippen LogP contribution in [0.1, 0.15) is 26.7 Å². The summed E-state index contributed by atoms with van der Waals surface area (Å²) in [4.78, 5) is 4.36. The Hall–Kier alpha value is -0.910. The van der Waals surface area contributed by atoms with Crippen LogP contribution in [0, 0.1) is 9.49 Å². The molecule has 0 aliphatic rings. The monoisotopic (exact) mass is 355 g/mol. The predicted molar refractivity (Wildman–Crippen MR) is 82.2 cm³/mol. The predicted octanol–water partition coefficient (Wildman–Crippen LogP) is 3.99. The second kappa shape index (κ2) is 6.31. The third-order valence-electron chi connectivity index (χ3n) is 2.81. The fourth-order valence-corrected chi connectivity index (χ4v) is 2.15. The highest BCUT2D eigenvalue weighted by atomic mass is 127. The molecule has 0 amide bonds. The van der Waals surface area contributed by atoms with Gasteiger partial charge in [-0.3, -0.25) is 4.68 Å². The van der Waals surface area contributed by atoms with Gasteiger partial charge in [-0.15, -0.1) is 0 Å². The van der Waals surface area contributed by atoms with E-state index in [2.05, 4.69) is 70.8 Å². The molecule has 0 radical (unpaired) electrons. The highest BCUT2D eigenvalue weighted by Gasteiger charge is 2.04. The first kappa shape index (κ1) is 13.5. The Morgan fingerprint density at radius 3 is 2.61 bits per heavy atom. The van der Waals surface area contributed by atoms with Crippen molar-refractivity contribution >= 4 is 22.6 Å². The van der Waals surface area contributed by atoms with Gasteiger partial charge in [0, 0.05) is 15.7 Å². The molecule has 1 heterocycles. The molecular formula is C14H18IN3. The van der Waals surface area contributed by atoms with Gasteiger partial charge in [-0.1, -0.05) is 26.0 Å². The average Bonchev–Trinajstić information content (AvgIpc) is 2.78. The van der Waals surface area contributed by atoms with E-state index in [4.69, 9.17) is 0 Å². The van der Waals surface area contributed by atoms with Crippen molar-refractivity contribution in [3.8, 4) is 11.4 Å². The highest BCUT2D eigenvalue weighted by Crippen LogP contribution is 2.16. The van der Waals surface area contributed by atoms with E-state index >= 15 is 0 Å². The smallest absolute Gasteiger partial charge is 0.181 e. The van der Waals surface area contributed by atoms with E-state index in [0.29, 0.717) is 0 Å². The van der Waals surface area contributed by atoms with Crippen molar-refractivity contribution in [2.45, 2.75) is 33.2 Å². The van der Waals surface area contributed by atoms with E-state index in [-0.39, 0.29) is 0 Å². The molecule has 1 aromatic carbocycles. The van der Waals surface area contributed by atoms with E-state index in [1.54, 1.807) is 0 Å². The van der Waals surface area contributed by atoms with Crippen LogP contribution in [0.2, 0.25) is 0 Å². The fourth-order valence-electron chi connectivity index (χ4n) is 1.80. The molecule has 4 heteroatoms. The standard InChI is InChI=1S/C14H18IN3/c1-11(2)4-3-9-18-10-16-14(17-18)12-5-7-13(15)8-6-12/h5-8,10-11H,3-4,9H2,1-2H3. The van der Waals surface area contributed by atoms with Gasteiger partial charge in [0.2, 0.25) is 0 Å². The first-order valence-corrected chi connectivity index (χ1v) is 7.38. The number of hydrogen-bond donors (Lipinski definition) is 0. The normalized spacial score (nSPS) is 11.1. The number of rotatable bonds is 5. The number of hydrogen-bond acceptors (Lipinski definition) is 2. The summed E-state index contributed by atoms with van der Waals surface area (Å²) in [6.45, 7) is 5.45. The third kappa shape index (κ3) is 3.80. The van der Waals surface area contributed by atoms with Crippen LogP contribution >= 0.6 is 22.6 Å². The zero-order valence-corrected chi connectivity index (χ0v) is 13.0. The van der Waals surface area contributed by atoms with Gasteiger partial charge in [0.15, 0.2) is 5.82 Å². The number of benzene rings is 1. The Morgan fingerprint density at radius 1 is 1.22 bits per heavy atom. The van der Waals surface area contributed by atoms with Crippen molar-refractivity contribution in [1.29, 1.82) is 0 Å². The molecule has 2 rings (SSSR count). The summed E-state index contributed by atoms with van der Waals surface area (Å²) in [7, 11) is 0. The van der Waals surface area contributed by atoms with Crippen LogP contribution in [0.25, 0.3) is 11.4 Å². The average molecular weight is 355 g/mol. The Labute approximate surface area is 122 Å². The van der Waals surface area contributed by atoms with Crippen LogP contribution < -0.4 is 0 Å². The second-order valence-corrected chi connectivity index (χ2v) is 6.12. The molecule has 2 aromatic rings. The van der Waals surface area contributed by atoms with Gasteiger partial charge >= 0.3 is 0 Å². The van der Waals surface area contributed by atoms with E-state index < -0.39 is 0 Å². The summed E-state index contributed by atoms with van der Waals surface area (Å²) >= 11 is 2.30. The van der Waals surface area contributed by atoms with Crippen LogP contribution in [0.4, 0.5) is 0 Å². The molecule has 0 saturated carbocycles. The second-order valence-electron chi connectivity index (χ2n) is 4.87. The number of aryl methyl sites for hydroxylation is 1. The first-order chi connectivity index (χ1) is 8.65. The van der Waals surface area contributed by atoms with Gasteiger partial charge in [-0.05, 0) is 53.5 Å². The van der Waals surface area contributed by atoms with Crippen molar-refractivity contribution in [3.63, 3.8) is 0 Å². The lowest BCUT2D eigenvalue weighted by atomic mass is 10.1. The van der Waals surface area contributed by atoms with Gasteiger partial charge in [0.05, 0.1) is 0 Å². The Kier molecular flexibility index (Phi) is 4.74. The Morgan fingerprint density at radius 2 is 1.94 bits per heavy atom. The van der Waals surface area contributed by atoms with Crippen LogP contribution in [0.3, 0.4) is 0 Å². The van der Waals surface area contributed by atoms with Crippen LogP contribution in [-0.2, 0) is 6.54 Å². The summed E-state index contributed by atoms with van der Waals surface area (Å²) in [6, 6.07) is 8.29. The molecule has 0 aliphatic carbocycles. The molecule has 18 heavy (non-hydrogen) atoms. The highest BCUT2D eigenvalue weighted by molar-refractivity contribution is 14.1. The Bertz CT molecular complexity index is 488. The van der Waals surface area contributed by atoms with Gasteiger partial charge < -0.3 is 0 Å². The molecule has 96 valence electrons. The molecule has 0 saturated heterocycles. The van der Waals surface area contributed by atoms with E-state index in [1.165, 1.54) is 9.99 Å². The van der Waals surface area contributed by atoms with Crippen LogP contribution in [-0.4, -0.2) is 14.8 Å². The zero-order valence-electron chi connectivity index (χ0n) is 10.8. The van der Waals surface area contributed by atoms with E-state index in [1.807, 2.05) is 11.0 Å². The maximum Gasteiger partial charge on any atom is 0.181 e. The maximum absolute atomic E-state index is 4.51. The first-order valence-electron chi connectivity index (χ1n) is 6.30. The molecule has 0 fully saturated rings. The van der Waals surface area contributed by atoms with Crippen molar-refractivity contribution in [3.05, 3.63) is 34.2 Å². The van der Waals surface area contributed by atoms with Gasteiger partial charge in [-0.2, -0.15) is 5.10 Å². The van der Waals surface area contributed by atoms with Crippen molar-refractivity contribution in [1.82, 2.24) is 14.8 Å². The SMILES string of the molecule is CC(C)CCCn1cnc(-c2ccc(I)cc2)n1. The van der Waals surface area contributed by atoms with Gasteiger partial charge in [0.25, 0.3) is 0 Å². The quantitative estimate of drug-likeness (QED) is 0.760. The molecule has 3 nitrogen and oxygen atoms in total. The summed E-state index contributed by atoms with van der Waals surface area (Å²) in [5.41, 5.74) is 1.08. The topological polar surface area (TPSA) is 30.7 Å². The summed E-state index contributed by atoms with van der Waals surface area (Å²) in [5, 5.41) is 4.51. The lowest BCUT2D eigenvalue weighted by molar-refractivity contribution is 0.490. The molecular weight excluding hydrogens is 337 g/mol. The minimum absolute atomic E-state index is 0.754. The fraction of sp³-hybridized carbons (Fsp3) is 0.429. The van der Waals surface area contributed by atoms with E-state index in [9.17, 15) is 0 Å². The van der Waals surface area contributed by atoms with Crippen LogP contribution in [0.5, 0.6) is 0 Å². The van der Waals surface area contributed by atoms with Crippen LogP contribution in [0.15, 0.2) is 30.6 Å². The molecule has 0 aliphatic heterocycles. The lowest BCUT2D eigenvalue weighted by Crippen LogP contribution is -2.00. The summed E-state index contributed by atoms with van der Waals surface area (Å²) in [5.74, 6) is 1.57. The van der Waals surface area contributed by atoms with Crippen molar-refractivity contribution in [2.75, 3.05) is 0 Å². The number of halogens is 1. The molecule has 0 spiro atoms. The molecule has 0 bridgehead atoms. The maximum atomic E-state index is 4.51. The third-order valence-corrected chi connectivity index (χ3v) is 3.53. The molecule has 0 N–H and O–H groups in total. The van der Waals surface area contributed by atoms with Crippen molar-refractivity contribution in [2.24, 2.45) is 5.92 Å². The molecule has 0 unspecified atom stereocenters. The number of aromatic nitrogens is 3. The van der Waals surface area contributed by atoms with Gasteiger partial charge in [-0.25, -0.2) is 4.98 Å². The van der Waals surface area contributed by atoms with E-state index in [0.717, 1.165) is 30.3 Å². The van der Waals surface area contributed by atoms with Crippen molar-refractivity contribution < 1.29 is 0 Å². The zero-order chi connectivity index (χ0) is 13.0. The molecule has 1 aromatic heterocycles. The minimum Gasteiger partial charge on any atom is -0.252 e. The summed E-state index contributed by atoms with van der Waals surface area (Å²) in [6.07, 6.45) is 4.22. The Balaban J connectivity index is 1.99. The molecule has 0 atom stereocenters. The van der Waals surface area contributed by atoms with Gasteiger partial charge in [0.1, 0.15) is 6.33 Å². The minimum atomic E-state index is 0.754. The number of nitrogens with zero attached hydrogens (tertiary/aromatic N) is 3. The largest absolute Gasteiger partial charge is 0.252 e.